The average molecular weight is 545 g/mol. The summed E-state index contributed by atoms with van der Waals surface area (Å²) in [5.41, 5.74) is 3.08. The number of aromatic nitrogens is 1. The van der Waals surface area contributed by atoms with Crippen molar-refractivity contribution in [3.05, 3.63) is 53.9 Å². The number of nitrogens with one attached hydrogen (secondary N) is 2. The molecule has 9 heteroatoms. The van der Waals surface area contributed by atoms with Gasteiger partial charge in [0, 0.05) is 37.6 Å². The van der Waals surface area contributed by atoms with Gasteiger partial charge in [-0.25, -0.2) is 4.99 Å². The standard InChI is InChI=1S/C22H29F2N5O.HI/c1-3-25-22(27-14-20-16(2)6-4-12-26-20)28-17-7-5-13-29(15-17)18-8-10-19(11-9-18)30-21(23)24;/h4,6,8-12,17,21H,3,5,7,13-15H2,1-2H3,(H2,25,27,28);1H. The molecule has 1 saturated heterocycles. The highest BCUT2D eigenvalue weighted by Gasteiger charge is 2.21. The highest BCUT2D eigenvalue weighted by atomic mass is 127. The monoisotopic (exact) mass is 545 g/mol. The first-order valence-corrected chi connectivity index (χ1v) is 10.3. The summed E-state index contributed by atoms with van der Waals surface area (Å²) in [6, 6.07) is 11.0. The SMILES string of the molecule is CCNC(=NCc1ncccc1C)NC1CCCN(c2ccc(OC(F)F)cc2)C1.I. The number of hydrogen-bond acceptors (Lipinski definition) is 4. The minimum atomic E-state index is -2.81. The Morgan fingerprint density at radius 3 is 2.74 bits per heavy atom. The molecule has 0 spiro atoms. The van der Waals surface area contributed by atoms with E-state index in [0.717, 1.165) is 55.4 Å². The topological polar surface area (TPSA) is 61.8 Å². The van der Waals surface area contributed by atoms with E-state index < -0.39 is 6.61 Å². The van der Waals surface area contributed by atoms with Crippen LogP contribution in [0.1, 0.15) is 31.0 Å². The minimum Gasteiger partial charge on any atom is -0.435 e. The molecule has 0 aliphatic carbocycles. The number of nitrogens with zero attached hydrogens (tertiary/aromatic N) is 3. The molecule has 1 atom stereocenters. The fourth-order valence-electron chi connectivity index (χ4n) is 3.52. The number of hydrogen-bond donors (Lipinski definition) is 2. The van der Waals surface area contributed by atoms with Crippen LogP contribution in [-0.4, -0.2) is 43.2 Å². The Balaban J connectivity index is 0.00000341. The highest BCUT2D eigenvalue weighted by Crippen LogP contribution is 2.23. The first kappa shape index (κ1) is 25.1. The van der Waals surface area contributed by atoms with Gasteiger partial charge in [0.1, 0.15) is 5.75 Å². The van der Waals surface area contributed by atoms with Crippen LogP contribution < -0.4 is 20.3 Å². The summed E-state index contributed by atoms with van der Waals surface area (Å²) in [5, 5.41) is 6.83. The fraction of sp³-hybridized carbons (Fsp3) is 0.455. The Kier molecular flexibility index (Phi) is 10.2. The van der Waals surface area contributed by atoms with E-state index in [4.69, 9.17) is 4.99 Å². The molecule has 6 nitrogen and oxygen atoms in total. The molecule has 170 valence electrons. The number of pyridine rings is 1. The summed E-state index contributed by atoms with van der Waals surface area (Å²) in [4.78, 5) is 11.4. The summed E-state index contributed by atoms with van der Waals surface area (Å²) in [6.07, 6.45) is 3.86. The van der Waals surface area contributed by atoms with E-state index >= 15 is 0 Å². The second kappa shape index (κ2) is 12.6. The second-order valence-electron chi connectivity index (χ2n) is 7.26. The predicted molar refractivity (Wildman–Crippen MR) is 131 cm³/mol. The molecule has 31 heavy (non-hydrogen) atoms. The predicted octanol–water partition coefficient (Wildman–Crippen LogP) is 4.33. The lowest BCUT2D eigenvalue weighted by atomic mass is 10.0. The number of aryl methyl sites for hydroxylation is 1. The number of alkyl halides is 2. The van der Waals surface area contributed by atoms with Gasteiger partial charge in [-0.1, -0.05) is 6.07 Å². The molecule has 1 unspecified atom stereocenters. The fourth-order valence-corrected chi connectivity index (χ4v) is 3.52. The minimum absolute atomic E-state index is 0. The van der Waals surface area contributed by atoms with Gasteiger partial charge >= 0.3 is 6.61 Å². The van der Waals surface area contributed by atoms with Gasteiger partial charge in [0.25, 0.3) is 0 Å². The largest absolute Gasteiger partial charge is 0.435 e. The van der Waals surface area contributed by atoms with Gasteiger partial charge in [-0.05, 0) is 62.6 Å². The van der Waals surface area contributed by atoms with Crippen molar-refractivity contribution in [2.45, 2.75) is 45.9 Å². The van der Waals surface area contributed by atoms with Crippen molar-refractivity contribution in [1.29, 1.82) is 0 Å². The maximum atomic E-state index is 12.3. The number of anilines is 1. The molecule has 1 aliphatic rings. The molecule has 1 aromatic carbocycles. The number of benzene rings is 1. The van der Waals surface area contributed by atoms with Crippen LogP contribution in [0.5, 0.6) is 5.75 Å². The van der Waals surface area contributed by atoms with Gasteiger partial charge in [-0.3, -0.25) is 4.98 Å². The van der Waals surface area contributed by atoms with Crippen LogP contribution in [0, 0.1) is 6.92 Å². The molecule has 2 heterocycles. The van der Waals surface area contributed by atoms with Crippen molar-refractivity contribution < 1.29 is 13.5 Å². The number of rotatable bonds is 7. The van der Waals surface area contributed by atoms with Gasteiger partial charge in [0.15, 0.2) is 5.96 Å². The third-order valence-electron chi connectivity index (χ3n) is 5.04. The smallest absolute Gasteiger partial charge is 0.387 e. The second-order valence-corrected chi connectivity index (χ2v) is 7.26. The average Bonchev–Trinajstić information content (AvgIpc) is 2.73. The van der Waals surface area contributed by atoms with E-state index in [1.807, 2.05) is 38.1 Å². The molecule has 0 amide bonds. The Bertz CT molecular complexity index is 835. The van der Waals surface area contributed by atoms with Crippen molar-refractivity contribution in [2.24, 2.45) is 4.99 Å². The van der Waals surface area contributed by atoms with E-state index in [1.165, 1.54) is 0 Å². The van der Waals surface area contributed by atoms with Crippen LogP contribution in [0.4, 0.5) is 14.5 Å². The van der Waals surface area contributed by atoms with E-state index in [-0.39, 0.29) is 35.8 Å². The zero-order valence-corrected chi connectivity index (χ0v) is 20.2. The molecule has 3 rings (SSSR count). The first-order valence-electron chi connectivity index (χ1n) is 10.3. The summed E-state index contributed by atoms with van der Waals surface area (Å²) in [6.45, 7) is 4.29. The summed E-state index contributed by atoms with van der Waals surface area (Å²) in [7, 11) is 0. The van der Waals surface area contributed by atoms with E-state index in [9.17, 15) is 8.78 Å². The molecule has 2 aromatic rings. The van der Waals surface area contributed by atoms with Crippen molar-refractivity contribution in [1.82, 2.24) is 15.6 Å². The highest BCUT2D eigenvalue weighted by molar-refractivity contribution is 14.0. The van der Waals surface area contributed by atoms with Gasteiger partial charge in [-0.15, -0.1) is 24.0 Å². The Hall–Kier alpha value is -2.17. The Morgan fingerprint density at radius 2 is 2.06 bits per heavy atom. The normalized spacial score (nSPS) is 16.6. The van der Waals surface area contributed by atoms with Crippen molar-refractivity contribution in [3.63, 3.8) is 0 Å². The van der Waals surface area contributed by atoms with Gasteiger partial charge in [-0.2, -0.15) is 8.78 Å². The zero-order valence-electron chi connectivity index (χ0n) is 17.9. The van der Waals surface area contributed by atoms with E-state index in [2.05, 4.69) is 25.3 Å². The van der Waals surface area contributed by atoms with Crippen LogP contribution in [-0.2, 0) is 6.54 Å². The van der Waals surface area contributed by atoms with Crippen LogP contribution in [0.2, 0.25) is 0 Å². The molecule has 0 radical (unpaired) electrons. The maximum absolute atomic E-state index is 12.3. The number of halogens is 3. The number of guanidine groups is 1. The molecule has 1 aliphatic heterocycles. The van der Waals surface area contributed by atoms with Crippen LogP contribution in [0.25, 0.3) is 0 Å². The molecular formula is C22H30F2IN5O. The molecule has 0 bridgehead atoms. The quantitative estimate of drug-likeness (QED) is 0.308. The van der Waals surface area contributed by atoms with Gasteiger partial charge in [0.2, 0.25) is 0 Å². The molecule has 2 N–H and O–H groups in total. The first-order chi connectivity index (χ1) is 14.5. The van der Waals surface area contributed by atoms with Crippen molar-refractivity contribution >= 4 is 35.6 Å². The zero-order chi connectivity index (χ0) is 21.3. The molecular weight excluding hydrogens is 515 g/mol. The van der Waals surface area contributed by atoms with Crippen molar-refractivity contribution in [3.8, 4) is 5.75 Å². The molecule has 0 saturated carbocycles. The Labute approximate surface area is 199 Å². The lowest BCUT2D eigenvalue weighted by Crippen LogP contribution is -2.51. The Morgan fingerprint density at radius 1 is 1.29 bits per heavy atom. The number of piperidine rings is 1. The van der Waals surface area contributed by atoms with Crippen LogP contribution in [0.15, 0.2) is 47.6 Å². The lowest BCUT2D eigenvalue weighted by molar-refractivity contribution is -0.0498. The van der Waals surface area contributed by atoms with Gasteiger partial charge < -0.3 is 20.3 Å². The maximum Gasteiger partial charge on any atom is 0.387 e. The summed E-state index contributed by atoms with van der Waals surface area (Å²) >= 11 is 0. The molecule has 1 fully saturated rings. The summed E-state index contributed by atoms with van der Waals surface area (Å²) in [5.74, 6) is 0.946. The number of ether oxygens (including phenoxy) is 1. The van der Waals surface area contributed by atoms with E-state index in [0.29, 0.717) is 6.54 Å². The molecule has 1 aromatic heterocycles. The van der Waals surface area contributed by atoms with Gasteiger partial charge in [0.05, 0.1) is 12.2 Å². The lowest BCUT2D eigenvalue weighted by Gasteiger charge is -2.35. The van der Waals surface area contributed by atoms with Crippen LogP contribution >= 0.6 is 24.0 Å². The van der Waals surface area contributed by atoms with Crippen molar-refractivity contribution in [2.75, 3.05) is 24.5 Å². The summed E-state index contributed by atoms with van der Waals surface area (Å²) < 4.78 is 29.1. The van der Waals surface area contributed by atoms with E-state index in [1.54, 1.807) is 18.3 Å². The number of aliphatic imine (C=N–C) groups is 1. The third-order valence-corrected chi connectivity index (χ3v) is 5.04. The third kappa shape index (κ3) is 7.79. The van der Waals surface area contributed by atoms with Crippen LogP contribution in [0.3, 0.4) is 0 Å².